The molecule has 14 heteroatoms. The molecule has 4 N–H and O–H groups in total. The van der Waals surface area contributed by atoms with E-state index in [1.807, 2.05) is 37.3 Å². The first-order valence-corrected chi connectivity index (χ1v) is 16.6. The molecule has 244 valence electrons. The molecule has 0 amide bonds. The molecular formula is C33H34FN7O4S2. The predicted molar refractivity (Wildman–Crippen MR) is 183 cm³/mol. The fourth-order valence-electron chi connectivity index (χ4n) is 4.47. The van der Waals surface area contributed by atoms with Crippen LogP contribution in [0.3, 0.4) is 0 Å². The van der Waals surface area contributed by atoms with Gasteiger partial charge in [-0.3, -0.25) is 0 Å². The zero-order chi connectivity index (χ0) is 33.2. The summed E-state index contributed by atoms with van der Waals surface area (Å²) in [6, 6.07) is 14.3. The van der Waals surface area contributed by atoms with E-state index < -0.39 is 11.8 Å². The molecule has 0 saturated carbocycles. The summed E-state index contributed by atoms with van der Waals surface area (Å²) in [6.45, 7) is 3.50. The Morgan fingerprint density at radius 2 is 1.94 bits per heavy atom. The number of aromatic carboxylic acids is 1. The average Bonchev–Trinajstić information content (AvgIpc) is 3.68. The van der Waals surface area contributed by atoms with Gasteiger partial charge in [-0.15, -0.1) is 21.5 Å². The van der Waals surface area contributed by atoms with E-state index in [2.05, 4.69) is 42.6 Å². The summed E-state index contributed by atoms with van der Waals surface area (Å²) in [5.41, 5.74) is 2.25. The molecule has 0 fully saturated rings. The molecule has 0 radical (unpaired) electrons. The van der Waals surface area contributed by atoms with E-state index in [0.717, 1.165) is 35.2 Å². The van der Waals surface area contributed by atoms with Crippen molar-refractivity contribution in [2.75, 3.05) is 43.6 Å². The Bertz CT molecular complexity index is 1870. The first kappa shape index (κ1) is 33.7. The summed E-state index contributed by atoms with van der Waals surface area (Å²) in [6.07, 6.45) is 2.46. The van der Waals surface area contributed by atoms with E-state index in [9.17, 15) is 14.3 Å². The fourth-order valence-corrected chi connectivity index (χ4v) is 6.40. The van der Waals surface area contributed by atoms with Crippen LogP contribution in [0.1, 0.15) is 45.8 Å². The second kappa shape index (κ2) is 16.2. The molecule has 3 aromatic heterocycles. The van der Waals surface area contributed by atoms with E-state index >= 15 is 0 Å². The lowest BCUT2D eigenvalue weighted by atomic mass is 10.2. The minimum atomic E-state index is -1.13. The van der Waals surface area contributed by atoms with Crippen molar-refractivity contribution < 1.29 is 24.1 Å². The number of ether oxygens (including phenoxy) is 1. The number of carboxylic acid groups (broad SMARTS) is 1. The van der Waals surface area contributed by atoms with Crippen LogP contribution in [0.4, 0.5) is 26.3 Å². The van der Waals surface area contributed by atoms with Crippen molar-refractivity contribution in [3.8, 4) is 17.6 Å². The van der Waals surface area contributed by atoms with Gasteiger partial charge in [0, 0.05) is 24.1 Å². The van der Waals surface area contributed by atoms with Crippen LogP contribution < -0.4 is 20.3 Å². The second-order valence-corrected chi connectivity index (χ2v) is 12.6. The highest BCUT2D eigenvalue weighted by molar-refractivity contribution is 7.22. The number of aryl methyl sites for hydroxylation is 2. The number of fused-ring (bicyclic) bond motifs is 1. The maximum absolute atomic E-state index is 14.6. The zero-order valence-corrected chi connectivity index (χ0v) is 27.6. The van der Waals surface area contributed by atoms with Gasteiger partial charge < -0.3 is 30.5 Å². The molecule has 0 saturated heterocycles. The molecule has 0 atom stereocenters. The Morgan fingerprint density at radius 3 is 2.70 bits per heavy atom. The standard InChI is InChI=1S/C33H34FN7O4S2/c1-21-19-28(39-40-30(21)38-32-36-24-10-3-4-11-26(24)46-32)41(2)33-37-29(31(43)44)27(47-33)12-8-18-45-25-14-13-22(20-23(25)34)9-7-16-35-15-5-6-17-42/h3-4,10-11,13-14,19-20,35,42H,5-6,8,12,15-18H2,1-2H3,(H,43,44)(H,36,38,40). The third kappa shape index (κ3) is 8.99. The maximum atomic E-state index is 14.6. The number of aromatic nitrogens is 4. The summed E-state index contributed by atoms with van der Waals surface area (Å²) in [5, 5.41) is 34.9. The number of thiazole rings is 2. The van der Waals surface area contributed by atoms with Crippen molar-refractivity contribution in [3.05, 3.63) is 76.0 Å². The smallest absolute Gasteiger partial charge is 0.355 e. The Labute approximate surface area is 279 Å². The van der Waals surface area contributed by atoms with Gasteiger partial charge in [-0.05, 0) is 81.1 Å². The molecule has 0 aliphatic heterocycles. The molecule has 0 aliphatic rings. The molecule has 3 heterocycles. The highest BCUT2D eigenvalue weighted by Gasteiger charge is 2.21. The van der Waals surface area contributed by atoms with E-state index in [4.69, 9.17) is 9.84 Å². The number of nitrogens with zero attached hydrogens (tertiary/aromatic N) is 5. The van der Waals surface area contributed by atoms with Gasteiger partial charge in [0.1, 0.15) is 0 Å². The molecule has 11 nitrogen and oxygen atoms in total. The van der Waals surface area contributed by atoms with E-state index in [1.54, 1.807) is 24.1 Å². The Balaban J connectivity index is 1.15. The highest BCUT2D eigenvalue weighted by atomic mass is 32.1. The van der Waals surface area contributed by atoms with Crippen LogP contribution in [0.25, 0.3) is 10.2 Å². The van der Waals surface area contributed by atoms with Crippen LogP contribution in [-0.4, -0.2) is 69.7 Å². The fraction of sp³-hybridized carbons (Fsp3) is 0.303. The SMILES string of the molecule is Cc1cc(N(C)c2nc(C(=O)O)c(CCCOc3ccc(C#CCNCCCCO)cc3F)s2)nnc1Nc1nc2ccccc2s1. The number of carboxylic acids is 1. The average molecular weight is 676 g/mol. The number of hydrogen-bond acceptors (Lipinski definition) is 12. The van der Waals surface area contributed by atoms with Crippen LogP contribution in [0.15, 0.2) is 48.5 Å². The number of para-hydroxylation sites is 1. The third-order valence-corrected chi connectivity index (χ3v) is 9.10. The van der Waals surface area contributed by atoms with Crippen LogP contribution in [0.2, 0.25) is 0 Å². The van der Waals surface area contributed by atoms with Gasteiger partial charge in [0.25, 0.3) is 0 Å². The Hall–Kier alpha value is -4.68. The van der Waals surface area contributed by atoms with Gasteiger partial charge in [-0.25, -0.2) is 19.2 Å². The van der Waals surface area contributed by atoms with Gasteiger partial charge in [0.2, 0.25) is 0 Å². The molecule has 2 aromatic carbocycles. The van der Waals surface area contributed by atoms with Gasteiger partial charge in [0.15, 0.2) is 39.2 Å². The quantitative estimate of drug-likeness (QED) is 0.0774. The monoisotopic (exact) mass is 675 g/mol. The number of rotatable bonds is 15. The largest absolute Gasteiger partial charge is 0.491 e. The summed E-state index contributed by atoms with van der Waals surface area (Å²) in [5.74, 6) is 5.41. The molecule has 0 aliphatic carbocycles. The Morgan fingerprint density at radius 1 is 1.09 bits per heavy atom. The molecule has 0 spiro atoms. The van der Waals surface area contributed by atoms with Crippen molar-refractivity contribution in [1.82, 2.24) is 25.5 Å². The molecular weight excluding hydrogens is 642 g/mol. The number of anilines is 4. The topological polar surface area (TPSA) is 146 Å². The van der Waals surface area contributed by atoms with E-state index in [1.165, 1.54) is 28.7 Å². The molecule has 0 unspecified atom stereocenters. The normalized spacial score (nSPS) is 10.9. The summed E-state index contributed by atoms with van der Waals surface area (Å²) in [4.78, 5) is 23.2. The number of benzene rings is 2. The minimum absolute atomic E-state index is 0.0346. The lowest BCUT2D eigenvalue weighted by Crippen LogP contribution is -2.15. The van der Waals surface area contributed by atoms with Crippen molar-refractivity contribution in [2.24, 2.45) is 0 Å². The maximum Gasteiger partial charge on any atom is 0.355 e. The van der Waals surface area contributed by atoms with Gasteiger partial charge in [-0.2, -0.15) is 0 Å². The number of nitrogens with one attached hydrogen (secondary N) is 2. The zero-order valence-electron chi connectivity index (χ0n) is 25.9. The van der Waals surface area contributed by atoms with Crippen LogP contribution in [-0.2, 0) is 6.42 Å². The lowest BCUT2D eigenvalue weighted by molar-refractivity contribution is 0.0690. The van der Waals surface area contributed by atoms with Crippen LogP contribution in [0.5, 0.6) is 5.75 Å². The van der Waals surface area contributed by atoms with E-state index in [0.29, 0.717) is 51.7 Å². The Kier molecular flexibility index (Phi) is 11.6. The van der Waals surface area contributed by atoms with Crippen LogP contribution >= 0.6 is 22.7 Å². The second-order valence-electron chi connectivity index (χ2n) is 10.5. The number of unbranched alkanes of at least 4 members (excludes halogenated alkanes) is 1. The predicted octanol–water partition coefficient (Wildman–Crippen LogP) is 5.93. The third-order valence-electron chi connectivity index (χ3n) is 6.96. The number of hydrogen-bond donors (Lipinski definition) is 4. The van der Waals surface area contributed by atoms with E-state index in [-0.39, 0.29) is 24.7 Å². The molecule has 0 bridgehead atoms. The first-order chi connectivity index (χ1) is 22.8. The summed E-state index contributed by atoms with van der Waals surface area (Å²) >= 11 is 2.78. The van der Waals surface area contributed by atoms with Gasteiger partial charge in [0.05, 0.1) is 23.4 Å². The molecule has 47 heavy (non-hydrogen) atoms. The molecule has 5 rings (SSSR count). The summed E-state index contributed by atoms with van der Waals surface area (Å²) in [7, 11) is 1.76. The summed E-state index contributed by atoms with van der Waals surface area (Å²) < 4.78 is 21.3. The van der Waals surface area contributed by atoms with Gasteiger partial charge in [-0.1, -0.05) is 35.3 Å². The van der Waals surface area contributed by atoms with Crippen LogP contribution in [0, 0.1) is 24.6 Å². The highest BCUT2D eigenvalue weighted by Crippen LogP contribution is 2.33. The lowest BCUT2D eigenvalue weighted by Gasteiger charge is -2.15. The first-order valence-electron chi connectivity index (χ1n) is 15.0. The van der Waals surface area contributed by atoms with Crippen molar-refractivity contribution in [2.45, 2.75) is 32.6 Å². The van der Waals surface area contributed by atoms with Crippen molar-refractivity contribution >= 4 is 60.8 Å². The number of halogens is 1. The number of aliphatic hydroxyl groups excluding tert-OH is 1. The number of carbonyl (C=O) groups is 1. The minimum Gasteiger partial charge on any atom is -0.491 e. The van der Waals surface area contributed by atoms with Gasteiger partial charge >= 0.3 is 5.97 Å². The van der Waals surface area contributed by atoms with Crippen molar-refractivity contribution in [3.63, 3.8) is 0 Å². The number of aliphatic hydroxyl groups is 1. The van der Waals surface area contributed by atoms with Crippen molar-refractivity contribution in [1.29, 1.82) is 0 Å². The molecule has 5 aromatic rings.